The van der Waals surface area contributed by atoms with Crippen molar-refractivity contribution in [2.75, 3.05) is 0 Å². The van der Waals surface area contributed by atoms with E-state index in [9.17, 15) is 25.9 Å². The van der Waals surface area contributed by atoms with Gasteiger partial charge in [-0.25, -0.2) is 16.8 Å². The first-order valence-electron chi connectivity index (χ1n) is 37.9. The number of hydrogen-bond acceptors (Lipinski definition) is 6. The predicted molar refractivity (Wildman–Crippen MR) is 387 cm³/mol. The van der Waals surface area contributed by atoms with Gasteiger partial charge in [0.15, 0.2) is 0 Å². The van der Waals surface area contributed by atoms with Crippen LogP contribution in [-0.4, -0.2) is 74.8 Å². The fourth-order valence-corrected chi connectivity index (χ4v) is 15.1. The summed E-state index contributed by atoms with van der Waals surface area (Å²) in [5.41, 5.74) is 3.97. The number of benzene rings is 4. The van der Waals surface area contributed by atoms with Crippen molar-refractivity contribution in [2.45, 2.75) is 397 Å². The summed E-state index contributed by atoms with van der Waals surface area (Å²) in [6, 6.07) is 19.6. The Bertz CT molecular complexity index is 2370. The monoisotopic (exact) mass is 1390 g/mol. The molecule has 0 fully saturated rings. The minimum atomic E-state index is -4.54. The van der Waals surface area contributed by atoms with Crippen molar-refractivity contribution in [1.82, 2.24) is 0 Å². The van der Waals surface area contributed by atoms with Crippen LogP contribution in [0.2, 0.25) is 0 Å². The van der Waals surface area contributed by atoms with Gasteiger partial charge in [0.05, 0.1) is 9.79 Å². The first kappa shape index (κ1) is 83.9. The van der Waals surface area contributed by atoms with Gasteiger partial charge in [-0.15, -0.1) is 0 Å². The first-order chi connectivity index (χ1) is 42.9. The minimum absolute atomic E-state index is 0. The molecule has 6 nitrogen and oxygen atoms in total. The van der Waals surface area contributed by atoms with Gasteiger partial charge >= 0.3 is 48.9 Å². The van der Waals surface area contributed by atoms with E-state index < -0.39 is 20.2 Å². The van der Waals surface area contributed by atoms with Crippen LogP contribution in [0.15, 0.2) is 70.5 Å². The van der Waals surface area contributed by atoms with E-state index in [1.165, 1.54) is 283 Å². The molecule has 0 aromatic heterocycles. The molecule has 0 bridgehead atoms. The van der Waals surface area contributed by atoms with Crippen LogP contribution in [0, 0.1) is 0 Å². The maximum Gasteiger partial charge on any atom is 2.00 e. The average molecular weight is 1390 g/mol. The summed E-state index contributed by atoms with van der Waals surface area (Å²) in [5, 5.41) is 3.13. The normalized spacial score (nSPS) is 11.8. The summed E-state index contributed by atoms with van der Waals surface area (Å²) in [5.74, 6) is 0. The van der Waals surface area contributed by atoms with E-state index in [2.05, 4.69) is 39.8 Å². The van der Waals surface area contributed by atoms with Gasteiger partial charge in [-0.05, 0) is 96.5 Å². The van der Waals surface area contributed by atoms with Gasteiger partial charge in [-0.1, -0.05) is 384 Å². The van der Waals surface area contributed by atoms with Crippen LogP contribution in [0.25, 0.3) is 21.5 Å². The van der Waals surface area contributed by atoms with Gasteiger partial charge in [0.1, 0.15) is 20.2 Å². The van der Waals surface area contributed by atoms with Gasteiger partial charge in [0, 0.05) is 10.8 Å². The molecular formula is C80H134BaO6S2. The van der Waals surface area contributed by atoms with Crippen LogP contribution >= 0.6 is 0 Å². The maximum atomic E-state index is 12.4. The molecule has 4 aromatic rings. The standard InChI is InChI=1S/2C40H68O3S.Ba/c2*1-3-5-7-9-11-13-15-17-19-21-23-25-27-30-36-34-38-33-29-32-37(40(38)39(35-36)44(41,42)43)31-28-26-24-22-20-18-16-14-12-10-8-6-4-2;/h2*29,32-35H,3-28,30-31H2,1-2H3,(H,41,42,43);/q;;+2/p-2. The van der Waals surface area contributed by atoms with E-state index in [4.69, 9.17) is 0 Å². The summed E-state index contributed by atoms with van der Waals surface area (Å²) in [6.45, 7) is 9.08. The van der Waals surface area contributed by atoms with Crippen molar-refractivity contribution in [1.29, 1.82) is 0 Å². The Hall–Kier alpha value is -1.21. The largest absolute Gasteiger partial charge is 2.00 e. The minimum Gasteiger partial charge on any atom is -0.744 e. The molecule has 0 amide bonds. The summed E-state index contributed by atoms with van der Waals surface area (Å²) < 4.78 is 74.2. The molecular weight excluding hydrogens is 1260 g/mol. The van der Waals surface area contributed by atoms with E-state index in [-0.39, 0.29) is 58.7 Å². The number of hydrogen-bond donors (Lipinski definition) is 0. The molecule has 504 valence electrons. The van der Waals surface area contributed by atoms with Crippen molar-refractivity contribution >= 4 is 90.7 Å². The molecule has 0 aliphatic carbocycles. The quantitative estimate of drug-likeness (QED) is 0.0247. The Balaban J connectivity index is 0.000000600. The second-order valence-electron chi connectivity index (χ2n) is 27.1. The molecule has 4 rings (SSSR count). The van der Waals surface area contributed by atoms with Crippen LogP contribution in [0.5, 0.6) is 0 Å². The average Bonchev–Trinajstić information content (AvgIpc) is 0.936. The van der Waals surface area contributed by atoms with Gasteiger partial charge < -0.3 is 9.11 Å². The molecule has 0 saturated carbocycles. The number of rotatable bonds is 58. The molecule has 4 aromatic carbocycles. The van der Waals surface area contributed by atoms with E-state index >= 15 is 0 Å². The smallest absolute Gasteiger partial charge is 0.744 e. The molecule has 89 heavy (non-hydrogen) atoms. The summed E-state index contributed by atoms with van der Waals surface area (Å²) in [7, 11) is -9.08. The molecule has 0 unspecified atom stereocenters. The van der Waals surface area contributed by atoms with Gasteiger partial charge in [-0.2, -0.15) is 0 Å². The zero-order valence-corrected chi connectivity index (χ0v) is 64.4. The Morgan fingerprint density at radius 2 is 0.449 bits per heavy atom. The zero-order chi connectivity index (χ0) is 63.4. The Labute approximate surface area is 591 Å². The number of fused-ring (bicyclic) bond motifs is 2. The van der Waals surface area contributed by atoms with E-state index in [1.54, 1.807) is 12.1 Å². The molecule has 0 spiro atoms. The molecule has 0 atom stereocenters. The molecule has 0 radical (unpaired) electrons. The molecule has 0 heterocycles. The van der Waals surface area contributed by atoms with Crippen LogP contribution in [0.1, 0.15) is 384 Å². The Morgan fingerprint density at radius 3 is 0.652 bits per heavy atom. The number of unbranched alkanes of at least 4 members (excludes halogenated alkanes) is 48. The predicted octanol–water partition coefficient (Wildman–Crippen LogP) is 25.6. The van der Waals surface area contributed by atoms with Crippen LogP contribution < -0.4 is 0 Å². The van der Waals surface area contributed by atoms with Crippen LogP contribution in [-0.2, 0) is 45.9 Å². The van der Waals surface area contributed by atoms with Gasteiger partial charge in [0.25, 0.3) is 0 Å². The van der Waals surface area contributed by atoms with E-state index in [0.29, 0.717) is 10.8 Å². The summed E-state index contributed by atoms with van der Waals surface area (Å²) >= 11 is 0. The molecule has 0 aliphatic rings. The summed E-state index contributed by atoms with van der Waals surface area (Å²) in [4.78, 5) is -0.0185. The van der Waals surface area contributed by atoms with E-state index in [1.807, 2.05) is 36.4 Å². The second kappa shape index (κ2) is 56.0. The number of aryl methyl sites for hydroxylation is 4. The van der Waals surface area contributed by atoms with Crippen LogP contribution in [0.3, 0.4) is 0 Å². The fourth-order valence-electron chi connectivity index (χ4n) is 13.5. The topological polar surface area (TPSA) is 114 Å². The van der Waals surface area contributed by atoms with Crippen LogP contribution in [0.4, 0.5) is 0 Å². The summed E-state index contributed by atoms with van der Waals surface area (Å²) in [6.07, 6.45) is 71.5. The maximum absolute atomic E-state index is 12.4. The van der Waals surface area contributed by atoms with Crippen molar-refractivity contribution in [3.8, 4) is 0 Å². The Kier molecular flexibility index (Phi) is 52.8. The van der Waals surface area contributed by atoms with E-state index in [0.717, 1.165) is 110 Å². The molecule has 0 N–H and O–H groups in total. The molecule has 0 saturated heterocycles. The van der Waals surface area contributed by atoms with Gasteiger partial charge in [-0.3, -0.25) is 0 Å². The third-order valence-corrected chi connectivity index (χ3v) is 20.7. The molecule has 0 aliphatic heterocycles. The van der Waals surface area contributed by atoms with Crippen molar-refractivity contribution in [3.63, 3.8) is 0 Å². The second-order valence-corrected chi connectivity index (χ2v) is 29.8. The molecule has 9 heteroatoms. The van der Waals surface area contributed by atoms with Gasteiger partial charge in [0.2, 0.25) is 0 Å². The van der Waals surface area contributed by atoms with Crippen molar-refractivity contribution in [2.24, 2.45) is 0 Å². The Morgan fingerprint density at radius 1 is 0.258 bits per heavy atom. The third kappa shape index (κ3) is 41.4. The first-order valence-corrected chi connectivity index (χ1v) is 40.8. The van der Waals surface area contributed by atoms with Crippen molar-refractivity contribution < 1.29 is 25.9 Å². The zero-order valence-electron chi connectivity index (χ0n) is 58.3. The SMILES string of the molecule is CCCCCCCCCCCCCCCc1cc(S(=O)(=O)[O-])c2c(CCCCCCCCCCCCCCC)cccc2c1.CCCCCCCCCCCCCCCc1cc(S(=O)(=O)[O-])c2c(CCCCCCCCCCCCCCC)cccc2c1.[Ba+2]. The van der Waals surface area contributed by atoms with Crippen molar-refractivity contribution in [3.05, 3.63) is 82.9 Å². The third-order valence-electron chi connectivity index (χ3n) is 18.9. The fraction of sp³-hybridized carbons (Fsp3) is 0.750.